The van der Waals surface area contributed by atoms with E-state index >= 15 is 0 Å². The standard InChI is InChI=1S/C17H26ClN3O2.ClH/c1-17(2)12-21(9-10-23-17)15(11-20-16(22)7-8-19)13-3-5-14(18)6-4-13;/h3-6,15H,7-12,19H2,1-2H3,(H,20,22);1H. The van der Waals surface area contributed by atoms with Crippen molar-refractivity contribution in [3.8, 4) is 0 Å². The number of nitrogens with one attached hydrogen (secondary N) is 1. The maximum atomic E-state index is 11.8. The minimum absolute atomic E-state index is 0. The number of morpholine rings is 1. The lowest BCUT2D eigenvalue weighted by molar-refractivity contribution is -0.121. The molecule has 24 heavy (non-hydrogen) atoms. The molecule has 0 bridgehead atoms. The Morgan fingerprint density at radius 3 is 2.67 bits per heavy atom. The Hall–Kier alpha value is -0.850. The van der Waals surface area contributed by atoms with E-state index in [0.717, 1.165) is 18.7 Å². The van der Waals surface area contributed by atoms with E-state index in [4.69, 9.17) is 22.1 Å². The molecule has 1 aromatic carbocycles. The second-order valence-corrected chi connectivity index (χ2v) is 6.93. The zero-order chi connectivity index (χ0) is 16.9. The van der Waals surface area contributed by atoms with Crippen LogP contribution in [0.25, 0.3) is 0 Å². The Morgan fingerprint density at radius 2 is 2.08 bits per heavy atom. The molecule has 0 spiro atoms. The summed E-state index contributed by atoms with van der Waals surface area (Å²) < 4.78 is 5.80. The highest BCUT2D eigenvalue weighted by atomic mass is 35.5. The molecule has 1 aliphatic rings. The zero-order valence-corrected chi connectivity index (χ0v) is 15.8. The fourth-order valence-electron chi connectivity index (χ4n) is 2.89. The Labute approximate surface area is 155 Å². The van der Waals surface area contributed by atoms with Crippen molar-refractivity contribution in [3.63, 3.8) is 0 Å². The van der Waals surface area contributed by atoms with Crippen LogP contribution in [0.15, 0.2) is 24.3 Å². The van der Waals surface area contributed by atoms with E-state index < -0.39 is 0 Å². The van der Waals surface area contributed by atoms with Crippen LogP contribution >= 0.6 is 24.0 Å². The first kappa shape index (κ1) is 21.2. The van der Waals surface area contributed by atoms with Gasteiger partial charge in [0.2, 0.25) is 5.91 Å². The number of hydrogen-bond acceptors (Lipinski definition) is 4. The number of carbonyl (C=O) groups is 1. The zero-order valence-electron chi connectivity index (χ0n) is 14.3. The summed E-state index contributed by atoms with van der Waals surface area (Å²) >= 11 is 6.00. The highest BCUT2D eigenvalue weighted by molar-refractivity contribution is 6.30. The van der Waals surface area contributed by atoms with Gasteiger partial charge in [0.1, 0.15) is 0 Å². The second-order valence-electron chi connectivity index (χ2n) is 6.49. The van der Waals surface area contributed by atoms with Crippen molar-refractivity contribution in [1.82, 2.24) is 10.2 Å². The smallest absolute Gasteiger partial charge is 0.221 e. The van der Waals surface area contributed by atoms with Crippen molar-refractivity contribution in [1.29, 1.82) is 0 Å². The van der Waals surface area contributed by atoms with Crippen LogP contribution < -0.4 is 11.1 Å². The molecular weight excluding hydrogens is 349 g/mol. The molecule has 1 amide bonds. The van der Waals surface area contributed by atoms with Crippen LogP contribution in [0.2, 0.25) is 5.02 Å². The number of halogens is 2. The van der Waals surface area contributed by atoms with Crippen molar-refractivity contribution < 1.29 is 9.53 Å². The predicted molar refractivity (Wildman–Crippen MR) is 99.7 cm³/mol. The van der Waals surface area contributed by atoms with E-state index in [9.17, 15) is 4.79 Å². The lowest BCUT2D eigenvalue weighted by Gasteiger charge is -2.42. The van der Waals surface area contributed by atoms with Gasteiger partial charge in [0.15, 0.2) is 0 Å². The summed E-state index contributed by atoms with van der Waals surface area (Å²) in [6.45, 7) is 7.43. The Bertz CT molecular complexity index is 523. The van der Waals surface area contributed by atoms with E-state index in [2.05, 4.69) is 24.1 Å². The first-order valence-corrected chi connectivity index (χ1v) is 8.39. The number of benzene rings is 1. The topological polar surface area (TPSA) is 67.6 Å². The van der Waals surface area contributed by atoms with E-state index in [1.807, 2.05) is 24.3 Å². The van der Waals surface area contributed by atoms with Gasteiger partial charge in [-0.05, 0) is 31.5 Å². The van der Waals surface area contributed by atoms with Crippen LogP contribution in [0.1, 0.15) is 31.9 Å². The van der Waals surface area contributed by atoms with Crippen LogP contribution in [-0.2, 0) is 9.53 Å². The van der Waals surface area contributed by atoms with Gasteiger partial charge in [0.25, 0.3) is 0 Å². The first-order chi connectivity index (χ1) is 10.9. The van der Waals surface area contributed by atoms with Gasteiger partial charge in [-0.25, -0.2) is 0 Å². The molecule has 2 rings (SSSR count). The highest BCUT2D eigenvalue weighted by Gasteiger charge is 2.32. The molecule has 1 saturated heterocycles. The molecule has 1 unspecified atom stereocenters. The largest absolute Gasteiger partial charge is 0.373 e. The maximum absolute atomic E-state index is 11.8. The number of carbonyl (C=O) groups excluding carboxylic acids is 1. The average Bonchev–Trinajstić information content (AvgIpc) is 2.48. The Morgan fingerprint density at radius 1 is 1.42 bits per heavy atom. The number of rotatable bonds is 6. The summed E-state index contributed by atoms with van der Waals surface area (Å²) in [6, 6.07) is 7.90. The SMILES string of the molecule is CC1(C)CN(C(CNC(=O)CCN)c2ccc(Cl)cc2)CCO1.Cl. The molecule has 0 aliphatic carbocycles. The van der Waals surface area contributed by atoms with Gasteiger partial charge in [-0.2, -0.15) is 0 Å². The molecule has 1 heterocycles. The van der Waals surface area contributed by atoms with Crippen LogP contribution in [0.4, 0.5) is 0 Å². The fourth-order valence-corrected chi connectivity index (χ4v) is 3.02. The molecule has 3 N–H and O–H groups in total. The van der Waals surface area contributed by atoms with Gasteiger partial charge in [-0.15, -0.1) is 12.4 Å². The molecule has 1 aliphatic heterocycles. The first-order valence-electron chi connectivity index (χ1n) is 8.01. The molecule has 1 fully saturated rings. The van der Waals surface area contributed by atoms with Gasteiger partial charge < -0.3 is 15.8 Å². The van der Waals surface area contributed by atoms with Crippen LogP contribution in [-0.4, -0.2) is 49.2 Å². The van der Waals surface area contributed by atoms with Gasteiger partial charge in [0, 0.05) is 37.6 Å². The van der Waals surface area contributed by atoms with E-state index in [0.29, 0.717) is 31.1 Å². The summed E-state index contributed by atoms with van der Waals surface area (Å²) in [5.74, 6) is -0.0148. The van der Waals surface area contributed by atoms with Gasteiger partial charge >= 0.3 is 0 Å². The summed E-state index contributed by atoms with van der Waals surface area (Å²) in [7, 11) is 0. The average molecular weight is 376 g/mol. The maximum Gasteiger partial charge on any atom is 0.221 e. The van der Waals surface area contributed by atoms with Crippen LogP contribution in [0.5, 0.6) is 0 Å². The van der Waals surface area contributed by atoms with Crippen molar-refractivity contribution in [2.45, 2.75) is 31.9 Å². The molecule has 0 saturated carbocycles. The third-order valence-corrected chi connectivity index (χ3v) is 4.27. The number of nitrogens with two attached hydrogens (primary N) is 1. The predicted octanol–water partition coefficient (Wildman–Crippen LogP) is 2.38. The van der Waals surface area contributed by atoms with Crippen molar-refractivity contribution in [2.24, 2.45) is 5.73 Å². The fraction of sp³-hybridized carbons (Fsp3) is 0.588. The minimum atomic E-state index is -0.190. The molecule has 1 aromatic rings. The normalized spacial score (nSPS) is 18.5. The van der Waals surface area contributed by atoms with E-state index in [-0.39, 0.29) is 30.0 Å². The second kappa shape index (κ2) is 9.59. The third-order valence-electron chi connectivity index (χ3n) is 4.01. The molecule has 0 radical (unpaired) electrons. The minimum Gasteiger partial charge on any atom is -0.373 e. The quantitative estimate of drug-likeness (QED) is 0.800. The highest BCUT2D eigenvalue weighted by Crippen LogP contribution is 2.27. The lowest BCUT2D eigenvalue weighted by atomic mass is 10.0. The van der Waals surface area contributed by atoms with E-state index in [1.165, 1.54) is 0 Å². The van der Waals surface area contributed by atoms with Crippen molar-refractivity contribution in [3.05, 3.63) is 34.9 Å². The van der Waals surface area contributed by atoms with Gasteiger partial charge in [0.05, 0.1) is 18.2 Å². The summed E-state index contributed by atoms with van der Waals surface area (Å²) in [4.78, 5) is 14.1. The molecule has 0 aromatic heterocycles. The third kappa shape index (κ3) is 6.22. The lowest BCUT2D eigenvalue weighted by Crippen LogP contribution is -2.51. The molecule has 7 heteroatoms. The van der Waals surface area contributed by atoms with Crippen LogP contribution in [0.3, 0.4) is 0 Å². The summed E-state index contributed by atoms with van der Waals surface area (Å²) in [6.07, 6.45) is 0.349. The molecular formula is C17H27Cl2N3O2. The van der Waals surface area contributed by atoms with Crippen molar-refractivity contribution in [2.75, 3.05) is 32.8 Å². The summed E-state index contributed by atoms with van der Waals surface area (Å²) in [5, 5.41) is 3.70. The van der Waals surface area contributed by atoms with E-state index in [1.54, 1.807) is 0 Å². The number of amides is 1. The van der Waals surface area contributed by atoms with Gasteiger partial charge in [-0.1, -0.05) is 23.7 Å². The number of nitrogens with zero attached hydrogens (tertiary/aromatic N) is 1. The number of hydrogen-bond donors (Lipinski definition) is 2. The Kier molecular flexibility index (Phi) is 8.46. The van der Waals surface area contributed by atoms with Crippen molar-refractivity contribution >= 4 is 29.9 Å². The number of ether oxygens (including phenoxy) is 1. The summed E-state index contributed by atoms with van der Waals surface area (Å²) in [5.41, 5.74) is 6.39. The molecule has 1 atom stereocenters. The van der Waals surface area contributed by atoms with Gasteiger partial charge in [-0.3, -0.25) is 9.69 Å². The van der Waals surface area contributed by atoms with Crippen LogP contribution in [0, 0.1) is 0 Å². The monoisotopic (exact) mass is 375 g/mol. The Balaban J connectivity index is 0.00000288. The molecule has 136 valence electrons. The molecule has 5 nitrogen and oxygen atoms in total.